The molecule has 1 aromatic rings. The third kappa shape index (κ3) is 8.07. The molecule has 0 saturated heterocycles. The van der Waals surface area contributed by atoms with E-state index in [0.29, 0.717) is 6.61 Å². The second-order valence-corrected chi connectivity index (χ2v) is 12.1. The van der Waals surface area contributed by atoms with Gasteiger partial charge in [0.05, 0.1) is 12.3 Å². The van der Waals surface area contributed by atoms with Crippen LogP contribution in [0, 0.1) is 5.92 Å². The molecule has 1 aromatic heterocycles. The van der Waals surface area contributed by atoms with Gasteiger partial charge in [-0.15, -0.1) is 5.10 Å². The Labute approximate surface area is 132 Å². The lowest BCUT2D eigenvalue weighted by Crippen LogP contribution is -2.26. The van der Waals surface area contributed by atoms with Crippen LogP contribution >= 0.6 is 0 Å². The Morgan fingerprint density at radius 2 is 2.04 bits per heavy atom. The van der Waals surface area contributed by atoms with Gasteiger partial charge in [-0.2, -0.15) is 13.2 Å². The van der Waals surface area contributed by atoms with Gasteiger partial charge in [0.15, 0.2) is 5.82 Å². The minimum absolute atomic E-state index is 0.00876. The number of rotatable bonds is 9. The first-order valence-corrected chi connectivity index (χ1v) is 10.8. The molecule has 11 heteroatoms. The third-order valence-corrected chi connectivity index (χ3v) is 4.78. The van der Waals surface area contributed by atoms with Crippen molar-refractivity contribution in [1.82, 2.24) is 20.2 Å². The van der Waals surface area contributed by atoms with Gasteiger partial charge in [-0.3, -0.25) is 4.79 Å². The predicted molar refractivity (Wildman–Crippen MR) is 77.4 cm³/mol. The van der Waals surface area contributed by atoms with Gasteiger partial charge in [-0.25, -0.2) is 4.68 Å². The Morgan fingerprint density at radius 3 is 2.57 bits per heavy atom. The van der Waals surface area contributed by atoms with E-state index in [9.17, 15) is 18.0 Å². The van der Waals surface area contributed by atoms with Gasteiger partial charge in [0.2, 0.25) is 0 Å². The summed E-state index contributed by atoms with van der Waals surface area (Å²) in [5.74, 6) is -3.09. The second kappa shape index (κ2) is 7.86. The van der Waals surface area contributed by atoms with Crippen LogP contribution in [0.25, 0.3) is 0 Å². The monoisotopic (exact) mass is 354 g/mol. The van der Waals surface area contributed by atoms with Crippen molar-refractivity contribution in [2.75, 3.05) is 6.61 Å². The minimum Gasteiger partial charge on any atom is -0.481 e. The molecule has 132 valence electrons. The van der Waals surface area contributed by atoms with Crippen molar-refractivity contribution in [2.45, 2.75) is 51.4 Å². The number of hydrogen-bond donors (Lipinski definition) is 1. The highest BCUT2D eigenvalue weighted by molar-refractivity contribution is 6.76. The fraction of sp³-hybridized carbons (Fsp3) is 0.833. The molecule has 0 aliphatic rings. The molecule has 0 saturated carbocycles. The van der Waals surface area contributed by atoms with Gasteiger partial charge in [-0.05, 0) is 16.5 Å². The number of alkyl halides is 3. The summed E-state index contributed by atoms with van der Waals surface area (Å²) in [6.45, 7) is 7.05. The summed E-state index contributed by atoms with van der Waals surface area (Å²) in [6, 6.07) is 0.927. The van der Waals surface area contributed by atoms with Gasteiger partial charge in [0.25, 0.3) is 0 Å². The number of halogens is 3. The van der Waals surface area contributed by atoms with Crippen LogP contribution in [0.3, 0.4) is 0 Å². The maximum absolute atomic E-state index is 12.4. The molecule has 0 unspecified atom stereocenters. The van der Waals surface area contributed by atoms with Crippen LogP contribution in [0.5, 0.6) is 0 Å². The molecule has 0 aliphatic heterocycles. The van der Waals surface area contributed by atoms with E-state index in [4.69, 9.17) is 9.84 Å². The van der Waals surface area contributed by atoms with Crippen molar-refractivity contribution in [3.8, 4) is 0 Å². The molecule has 0 fully saturated rings. The van der Waals surface area contributed by atoms with Crippen LogP contribution in [-0.2, 0) is 22.7 Å². The number of aromatic nitrogens is 4. The van der Waals surface area contributed by atoms with Crippen LogP contribution in [0.1, 0.15) is 12.2 Å². The fourth-order valence-corrected chi connectivity index (χ4v) is 2.50. The first-order chi connectivity index (χ1) is 10.5. The number of nitrogens with zero attached hydrogens (tertiary/aromatic N) is 4. The third-order valence-electron chi connectivity index (χ3n) is 3.07. The highest BCUT2D eigenvalue weighted by Gasteiger charge is 2.36. The van der Waals surface area contributed by atoms with E-state index in [-0.39, 0.29) is 12.6 Å². The maximum Gasteiger partial charge on any atom is 0.389 e. The molecule has 0 aliphatic carbocycles. The molecule has 0 aromatic carbocycles. The predicted octanol–water partition coefficient (Wildman–Crippen LogP) is 2.18. The lowest BCUT2D eigenvalue weighted by Gasteiger charge is -2.16. The van der Waals surface area contributed by atoms with Crippen molar-refractivity contribution >= 4 is 14.0 Å². The van der Waals surface area contributed by atoms with E-state index < -0.39 is 39.0 Å². The SMILES string of the molecule is C[Si](C)(C)CCOCn1nnnc1C[C@H](CC(F)(F)F)C(=O)O. The Balaban J connectivity index is 2.60. The van der Waals surface area contributed by atoms with E-state index in [1.807, 2.05) is 0 Å². The van der Waals surface area contributed by atoms with Crippen LogP contribution in [0.15, 0.2) is 0 Å². The number of carbonyl (C=O) groups is 1. The van der Waals surface area contributed by atoms with Crippen molar-refractivity contribution in [2.24, 2.45) is 5.92 Å². The summed E-state index contributed by atoms with van der Waals surface area (Å²) in [7, 11) is -1.25. The average molecular weight is 354 g/mol. The number of tetrazole rings is 1. The van der Waals surface area contributed by atoms with Crippen molar-refractivity contribution in [3.63, 3.8) is 0 Å². The van der Waals surface area contributed by atoms with E-state index in [2.05, 4.69) is 35.2 Å². The molecular formula is C12H21F3N4O3Si. The van der Waals surface area contributed by atoms with Crippen LogP contribution in [0.4, 0.5) is 13.2 Å². The molecule has 1 heterocycles. The normalized spacial score (nSPS) is 14.0. The van der Waals surface area contributed by atoms with Gasteiger partial charge in [0, 0.05) is 21.1 Å². The average Bonchev–Trinajstić information content (AvgIpc) is 2.78. The lowest BCUT2D eigenvalue weighted by atomic mass is 10.0. The molecule has 23 heavy (non-hydrogen) atoms. The molecular weight excluding hydrogens is 333 g/mol. The Bertz CT molecular complexity index is 516. The number of hydrogen-bond acceptors (Lipinski definition) is 5. The van der Waals surface area contributed by atoms with Gasteiger partial charge in [0.1, 0.15) is 6.73 Å². The molecule has 0 spiro atoms. The standard InChI is InChI=1S/C12H21F3N4O3Si/c1-23(2,3)5-4-22-8-19-10(16-17-18-19)6-9(11(20)21)7-12(13,14)15/h9H,4-8H2,1-3H3,(H,20,21)/t9-/m1/s1. The molecule has 1 atom stereocenters. The summed E-state index contributed by atoms with van der Waals surface area (Å²) < 4.78 is 43.9. The molecule has 0 bridgehead atoms. The Hall–Kier alpha value is -1.49. The quantitative estimate of drug-likeness (QED) is 0.540. The van der Waals surface area contributed by atoms with E-state index in [0.717, 1.165) is 6.04 Å². The van der Waals surface area contributed by atoms with Gasteiger partial charge < -0.3 is 9.84 Å². The zero-order valence-electron chi connectivity index (χ0n) is 13.3. The smallest absolute Gasteiger partial charge is 0.389 e. The molecule has 0 amide bonds. The second-order valence-electron chi connectivity index (χ2n) is 6.50. The highest BCUT2D eigenvalue weighted by Crippen LogP contribution is 2.26. The van der Waals surface area contributed by atoms with Crippen molar-refractivity contribution < 1.29 is 27.8 Å². The number of carboxylic acid groups (broad SMARTS) is 1. The summed E-state index contributed by atoms with van der Waals surface area (Å²) in [5.41, 5.74) is 0. The van der Waals surface area contributed by atoms with Crippen LogP contribution < -0.4 is 0 Å². The number of aliphatic carboxylic acids is 1. The topological polar surface area (TPSA) is 90.1 Å². The van der Waals surface area contributed by atoms with Crippen LogP contribution in [-0.4, -0.2) is 52.1 Å². The maximum atomic E-state index is 12.4. The summed E-state index contributed by atoms with van der Waals surface area (Å²) in [6.07, 6.45) is -6.39. The Kier molecular flexibility index (Phi) is 6.68. The van der Waals surface area contributed by atoms with Gasteiger partial charge in [-0.1, -0.05) is 19.6 Å². The largest absolute Gasteiger partial charge is 0.481 e. The zero-order valence-corrected chi connectivity index (χ0v) is 14.3. The van der Waals surface area contributed by atoms with E-state index in [1.54, 1.807) is 0 Å². The minimum atomic E-state index is -4.56. The summed E-state index contributed by atoms with van der Waals surface area (Å²) in [5, 5.41) is 19.5. The summed E-state index contributed by atoms with van der Waals surface area (Å²) in [4.78, 5) is 11.0. The summed E-state index contributed by atoms with van der Waals surface area (Å²) >= 11 is 0. The molecule has 7 nitrogen and oxygen atoms in total. The van der Waals surface area contributed by atoms with Gasteiger partial charge >= 0.3 is 12.1 Å². The number of ether oxygens (including phenoxy) is 1. The first kappa shape index (κ1) is 19.6. The van der Waals surface area contributed by atoms with E-state index in [1.165, 1.54) is 4.68 Å². The van der Waals surface area contributed by atoms with Crippen molar-refractivity contribution in [3.05, 3.63) is 5.82 Å². The molecule has 1 N–H and O–H groups in total. The number of carboxylic acids is 1. The highest BCUT2D eigenvalue weighted by atomic mass is 28.3. The van der Waals surface area contributed by atoms with E-state index >= 15 is 0 Å². The molecule has 0 radical (unpaired) electrons. The first-order valence-electron chi connectivity index (χ1n) is 7.10. The van der Waals surface area contributed by atoms with Crippen molar-refractivity contribution in [1.29, 1.82) is 0 Å². The lowest BCUT2D eigenvalue weighted by molar-refractivity contribution is -0.163. The Morgan fingerprint density at radius 1 is 1.39 bits per heavy atom. The van der Waals surface area contributed by atoms with Crippen LogP contribution in [0.2, 0.25) is 25.7 Å². The fourth-order valence-electron chi connectivity index (χ4n) is 1.75. The molecule has 1 rings (SSSR count). The zero-order chi connectivity index (χ0) is 17.7.